The first-order valence-electron chi connectivity index (χ1n) is 8.64. The molecule has 0 bridgehead atoms. The maximum atomic E-state index is 12.9. The highest BCUT2D eigenvalue weighted by Gasteiger charge is 2.32. The van der Waals surface area contributed by atoms with E-state index in [1.807, 2.05) is 20.8 Å². The number of rotatable bonds is 5. The van der Waals surface area contributed by atoms with Gasteiger partial charge in [0, 0.05) is 17.0 Å². The summed E-state index contributed by atoms with van der Waals surface area (Å²) in [4.78, 5) is 25.2. The lowest BCUT2D eigenvalue weighted by Crippen LogP contribution is -2.57. The number of carbonyl (C=O) groups is 2. The molecule has 1 aromatic carbocycles. The Hall–Kier alpha value is -2.39. The SMILES string of the molecule is Cc1cc(NC(=O)CSc2ccc(F)cc2)n(C2NC(=O)C(C)C(C)N2)n1. The van der Waals surface area contributed by atoms with Gasteiger partial charge in [-0.3, -0.25) is 14.9 Å². The average molecular weight is 391 g/mol. The quantitative estimate of drug-likeness (QED) is 0.681. The van der Waals surface area contributed by atoms with Crippen molar-refractivity contribution in [3.05, 3.63) is 41.8 Å². The van der Waals surface area contributed by atoms with Crippen LogP contribution in [0.3, 0.4) is 0 Å². The summed E-state index contributed by atoms with van der Waals surface area (Å²) in [6, 6.07) is 7.70. The molecule has 9 heteroatoms. The Balaban J connectivity index is 1.66. The molecule has 1 aliphatic rings. The third-order valence-corrected chi connectivity index (χ3v) is 5.43. The van der Waals surface area contributed by atoms with E-state index in [9.17, 15) is 14.0 Å². The molecule has 2 aromatic rings. The Labute approximate surface area is 161 Å². The van der Waals surface area contributed by atoms with E-state index < -0.39 is 6.29 Å². The van der Waals surface area contributed by atoms with E-state index in [1.54, 1.807) is 22.9 Å². The minimum absolute atomic E-state index is 0.0224. The first-order chi connectivity index (χ1) is 12.8. The van der Waals surface area contributed by atoms with Gasteiger partial charge in [0.25, 0.3) is 0 Å². The van der Waals surface area contributed by atoms with E-state index >= 15 is 0 Å². The smallest absolute Gasteiger partial charge is 0.235 e. The lowest BCUT2D eigenvalue weighted by molar-refractivity contribution is -0.130. The molecule has 1 saturated heterocycles. The molecule has 0 radical (unpaired) electrons. The summed E-state index contributed by atoms with van der Waals surface area (Å²) in [5.74, 6) is -0.0700. The number of benzene rings is 1. The van der Waals surface area contributed by atoms with Gasteiger partial charge < -0.3 is 10.6 Å². The third-order valence-electron chi connectivity index (χ3n) is 4.42. The number of aryl methyl sites for hydroxylation is 1. The number of nitrogens with zero attached hydrogens (tertiary/aromatic N) is 2. The molecule has 0 saturated carbocycles. The second kappa shape index (κ2) is 8.10. The second-order valence-electron chi connectivity index (χ2n) is 6.56. The lowest BCUT2D eigenvalue weighted by atomic mass is 10.0. The van der Waals surface area contributed by atoms with Crippen LogP contribution in [-0.2, 0) is 9.59 Å². The van der Waals surface area contributed by atoms with Crippen LogP contribution < -0.4 is 16.0 Å². The topological polar surface area (TPSA) is 88.0 Å². The first-order valence-corrected chi connectivity index (χ1v) is 9.63. The summed E-state index contributed by atoms with van der Waals surface area (Å²) in [5, 5.41) is 13.4. The molecule has 1 aromatic heterocycles. The summed E-state index contributed by atoms with van der Waals surface area (Å²) in [7, 11) is 0. The average Bonchev–Trinajstić information content (AvgIpc) is 2.99. The maximum Gasteiger partial charge on any atom is 0.235 e. The Morgan fingerprint density at radius 1 is 1.33 bits per heavy atom. The number of aromatic nitrogens is 2. The second-order valence-corrected chi connectivity index (χ2v) is 7.61. The summed E-state index contributed by atoms with van der Waals surface area (Å²) in [6.45, 7) is 5.60. The van der Waals surface area contributed by atoms with Crippen molar-refractivity contribution in [2.24, 2.45) is 5.92 Å². The molecule has 7 nitrogen and oxygen atoms in total. The minimum Gasteiger partial charge on any atom is -0.322 e. The maximum absolute atomic E-state index is 12.9. The number of nitrogens with one attached hydrogen (secondary N) is 3. The van der Waals surface area contributed by atoms with Crippen molar-refractivity contribution in [2.45, 2.75) is 38.0 Å². The fraction of sp³-hybridized carbons (Fsp3) is 0.389. The summed E-state index contributed by atoms with van der Waals surface area (Å²) < 4.78 is 14.5. The number of halogens is 1. The van der Waals surface area contributed by atoms with Crippen molar-refractivity contribution in [2.75, 3.05) is 11.1 Å². The fourth-order valence-corrected chi connectivity index (χ4v) is 3.42. The molecule has 3 N–H and O–H groups in total. The normalized spacial score (nSPS) is 22.4. The molecule has 3 atom stereocenters. The summed E-state index contributed by atoms with van der Waals surface area (Å²) in [5.41, 5.74) is 0.721. The largest absolute Gasteiger partial charge is 0.322 e. The summed E-state index contributed by atoms with van der Waals surface area (Å²) in [6.07, 6.45) is -0.530. The van der Waals surface area contributed by atoms with Crippen LogP contribution in [0.4, 0.5) is 10.2 Å². The van der Waals surface area contributed by atoms with Crippen LogP contribution >= 0.6 is 11.8 Å². The molecule has 1 aliphatic heterocycles. The number of amides is 2. The zero-order valence-corrected chi connectivity index (χ0v) is 16.1. The molecule has 1 fully saturated rings. The van der Waals surface area contributed by atoms with Crippen LogP contribution in [0.2, 0.25) is 0 Å². The molecular weight excluding hydrogens is 369 g/mol. The van der Waals surface area contributed by atoms with Crippen LogP contribution in [0.5, 0.6) is 0 Å². The van der Waals surface area contributed by atoms with Crippen molar-refractivity contribution in [1.82, 2.24) is 20.4 Å². The lowest BCUT2D eigenvalue weighted by Gasteiger charge is -2.34. The number of carbonyl (C=O) groups excluding carboxylic acids is 2. The highest BCUT2D eigenvalue weighted by atomic mass is 32.2. The van der Waals surface area contributed by atoms with Gasteiger partial charge in [-0.1, -0.05) is 6.92 Å². The fourth-order valence-electron chi connectivity index (χ4n) is 2.73. The molecular formula is C18H22FN5O2S. The highest BCUT2D eigenvalue weighted by Crippen LogP contribution is 2.21. The molecule has 0 spiro atoms. The van der Waals surface area contributed by atoms with Crippen molar-refractivity contribution >= 4 is 29.4 Å². The van der Waals surface area contributed by atoms with Crippen molar-refractivity contribution < 1.29 is 14.0 Å². The molecule has 2 heterocycles. The van der Waals surface area contributed by atoms with E-state index in [-0.39, 0.29) is 35.3 Å². The van der Waals surface area contributed by atoms with Gasteiger partial charge in [-0.2, -0.15) is 5.10 Å². The highest BCUT2D eigenvalue weighted by molar-refractivity contribution is 8.00. The van der Waals surface area contributed by atoms with Gasteiger partial charge >= 0.3 is 0 Å². The number of hydrogen-bond donors (Lipinski definition) is 3. The summed E-state index contributed by atoms with van der Waals surface area (Å²) >= 11 is 1.31. The standard InChI is InChI=1S/C18H22FN5O2S/c1-10-8-15(21-16(25)9-27-14-6-4-13(19)5-7-14)24(23-10)18-20-12(3)11(2)17(26)22-18/h4-8,11-12,18,20H,9H2,1-3H3,(H,21,25)(H,22,26). The number of anilines is 1. The van der Waals surface area contributed by atoms with Crippen LogP contribution in [0.1, 0.15) is 25.8 Å². The molecule has 3 unspecified atom stereocenters. The first kappa shape index (κ1) is 19.4. The van der Waals surface area contributed by atoms with Crippen LogP contribution in [0.25, 0.3) is 0 Å². The van der Waals surface area contributed by atoms with Crippen LogP contribution in [-0.4, -0.2) is 33.4 Å². The molecule has 3 rings (SSSR count). The van der Waals surface area contributed by atoms with Gasteiger partial charge in [-0.05, 0) is 38.1 Å². The predicted octanol–water partition coefficient (Wildman–Crippen LogP) is 2.26. The molecule has 2 amide bonds. The zero-order valence-electron chi connectivity index (χ0n) is 15.3. The van der Waals surface area contributed by atoms with Crippen molar-refractivity contribution in [3.8, 4) is 0 Å². The van der Waals surface area contributed by atoms with E-state index in [1.165, 1.54) is 23.9 Å². The van der Waals surface area contributed by atoms with Gasteiger partial charge in [-0.15, -0.1) is 11.8 Å². The molecule has 144 valence electrons. The van der Waals surface area contributed by atoms with Gasteiger partial charge in [-0.25, -0.2) is 9.07 Å². The van der Waals surface area contributed by atoms with E-state index in [0.717, 1.165) is 10.6 Å². The Bertz CT molecular complexity index is 839. The van der Waals surface area contributed by atoms with Crippen molar-refractivity contribution in [1.29, 1.82) is 0 Å². The van der Waals surface area contributed by atoms with E-state index in [4.69, 9.17) is 0 Å². The van der Waals surface area contributed by atoms with E-state index in [0.29, 0.717) is 5.82 Å². The van der Waals surface area contributed by atoms with Crippen LogP contribution in [0, 0.1) is 18.7 Å². The molecule has 0 aliphatic carbocycles. The Morgan fingerprint density at radius 3 is 2.70 bits per heavy atom. The van der Waals surface area contributed by atoms with Gasteiger partial charge in [0.1, 0.15) is 11.6 Å². The van der Waals surface area contributed by atoms with E-state index in [2.05, 4.69) is 21.0 Å². The van der Waals surface area contributed by atoms with Crippen LogP contribution in [0.15, 0.2) is 35.2 Å². The third kappa shape index (κ3) is 4.67. The number of hydrogen-bond acceptors (Lipinski definition) is 5. The molecule has 27 heavy (non-hydrogen) atoms. The monoisotopic (exact) mass is 391 g/mol. The Kier molecular flexibility index (Phi) is 5.81. The predicted molar refractivity (Wildman–Crippen MR) is 102 cm³/mol. The van der Waals surface area contributed by atoms with Gasteiger partial charge in [0.15, 0.2) is 6.29 Å². The van der Waals surface area contributed by atoms with Crippen molar-refractivity contribution in [3.63, 3.8) is 0 Å². The number of thioether (sulfide) groups is 1. The van der Waals surface area contributed by atoms with Gasteiger partial charge in [0.05, 0.1) is 17.4 Å². The Morgan fingerprint density at radius 2 is 2.04 bits per heavy atom. The zero-order chi connectivity index (χ0) is 19.6. The minimum atomic E-state index is -0.530. The van der Waals surface area contributed by atoms with Gasteiger partial charge in [0.2, 0.25) is 11.8 Å².